The van der Waals surface area contributed by atoms with Gasteiger partial charge in [0.05, 0.1) is 30.8 Å². The number of aromatic amines is 1. The van der Waals surface area contributed by atoms with E-state index < -0.39 is 11.1 Å². The molecule has 1 aliphatic rings. The van der Waals surface area contributed by atoms with Gasteiger partial charge in [-0.2, -0.15) is 0 Å². The zero-order valence-electron chi connectivity index (χ0n) is 19.2. The third-order valence-electron chi connectivity index (χ3n) is 5.79. The number of aryl methyl sites for hydroxylation is 1. The van der Waals surface area contributed by atoms with Crippen molar-refractivity contribution in [3.05, 3.63) is 68.7 Å². The molecule has 0 unspecified atom stereocenters. The Bertz CT molecular complexity index is 1320. The number of amides is 2. The van der Waals surface area contributed by atoms with Gasteiger partial charge in [0.1, 0.15) is 0 Å². The largest absolute Gasteiger partial charge is 0.378 e. The van der Waals surface area contributed by atoms with E-state index in [2.05, 4.69) is 15.2 Å². The Labute approximate surface area is 195 Å². The summed E-state index contributed by atoms with van der Waals surface area (Å²) >= 11 is 0. The lowest BCUT2D eigenvalue weighted by Crippen LogP contribution is -2.36. The molecule has 0 aliphatic carbocycles. The van der Waals surface area contributed by atoms with E-state index in [4.69, 9.17) is 4.74 Å². The Morgan fingerprint density at radius 2 is 1.79 bits per heavy atom. The molecule has 2 aromatic carbocycles. The summed E-state index contributed by atoms with van der Waals surface area (Å²) < 4.78 is 6.72. The van der Waals surface area contributed by atoms with E-state index in [9.17, 15) is 19.2 Å². The molecule has 1 fully saturated rings. The lowest BCUT2D eigenvalue weighted by molar-refractivity contribution is -0.116. The van der Waals surface area contributed by atoms with Gasteiger partial charge in [0, 0.05) is 43.6 Å². The molecule has 0 spiro atoms. The Morgan fingerprint density at radius 1 is 1.09 bits per heavy atom. The van der Waals surface area contributed by atoms with Gasteiger partial charge in [-0.25, -0.2) is 0 Å². The van der Waals surface area contributed by atoms with E-state index >= 15 is 0 Å². The van der Waals surface area contributed by atoms with Gasteiger partial charge in [-0.05, 0) is 49.4 Å². The van der Waals surface area contributed by atoms with E-state index in [1.165, 1.54) is 22.6 Å². The van der Waals surface area contributed by atoms with E-state index in [1.54, 1.807) is 19.1 Å². The minimum Gasteiger partial charge on any atom is -0.378 e. The molecule has 1 aromatic heterocycles. The van der Waals surface area contributed by atoms with Crippen molar-refractivity contribution in [2.45, 2.75) is 13.5 Å². The Morgan fingerprint density at radius 3 is 2.47 bits per heavy atom. The van der Waals surface area contributed by atoms with Crippen LogP contribution >= 0.6 is 0 Å². The minimum atomic E-state index is -0.744. The molecule has 4 rings (SSSR count). The van der Waals surface area contributed by atoms with E-state index in [0.29, 0.717) is 42.0 Å². The van der Waals surface area contributed by atoms with Crippen LogP contribution in [-0.2, 0) is 16.1 Å². The molecule has 2 amide bonds. The van der Waals surface area contributed by atoms with Gasteiger partial charge in [-0.15, -0.1) is 0 Å². The highest BCUT2D eigenvalue weighted by Crippen LogP contribution is 2.19. The summed E-state index contributed by atoms with van der Waals surface area (Å²) in [5.41, 5.74) is 1.54. The van der Waals surface area contributed by atoms with Gasteiger partial charge in [0.15, 0.2) is 0 Å². The van der Waals surface area contributed by atoms with Gasteiger partial charge < -0.3 is 29.4 Å². The van der Waals surface area contributed by atoms with Crippen molar-refractivity contribution in [1.29, 1.82) is 0 Å². The van der Waals surface area contributed by atoms with Crippen molar-refractivity contribution in [2.24, 2.45) is 0 Å². The van der Waals surface area contributed by atoms with Crippen LogP contribution in [0.3, 0.4) is 0 Å². The maximum Gasteiger partial charge on any atom is 0.316 e. The van der Waals surface area contributed by atoms with Crippen LogP contribution in [0.1, 0.15) is 17.3 Å². The van der Waals surface area contributed by atoms with Gasteiger partial charge in [0.25, 0.3) is 5.91 Å². The number of anilines is 2. The molecular formula is C24H27N5O5. The number of nitrogens with one attached hydrogen (secondary N) is 2. The molecule has 2 heterocycles. The minimum absolute atomic E-state index is 0.146. The van der Waals surface area contributed by atoms with Gasteiger partial charge in [-0.3, -0.25) is 19.2 Å². The number of rotatable bonds is 6. The molecule has 2 N–H and O–H groups in total. The quantitative estimate of drug-likeness (QED) is 0.530. The molecule has 3 aromatic rings. The highest BCUT2D eigenvalue weighted by Gasteiger charge is 2.17. The molecule has 0 saturated carbocycles. The fourth-order valence-corrected chi connectivity index (χ4v) is 4.01. The number of hydrogen-bond acceptors (Lipinski definition) is 6. The number of benzene rings is 2. The van der Waals surface area contributed by atoms with Crippen LogP contribution in [0.5, 0.6) is 0 Å². The highest BCUT2D eigenvalue weighted by molar-refractivity contribution is 6.00. The zero-order chi connectivity index (χ0) is 24.2. The second-order valence-electron chi connectivity index (χ2n) is 8.09. The van der Waals surface area contributed by atoms with Crippen LogP contribution in [0.2, 0.25) is 0 Å². The molecule has 1 saturated heterocycles. The lowest BCUT2D eigenvalue weighted by atomic mass is 10.1. The SMILES string of the molecule is CCn1c(=O)c(=O)[nH]c2cc(C(=O)N(C)CC(=O)Nc3ccc(N4CCOCC4)cc3)ccc21. The Kier molecular flexibility index (Phi) is 6.78. The van der Waals surface area contributed by atoms with Crippen LogP contribution in [-0.4, -0.2) is 66.2 Å². The number of hydrogen-bond donors (Lipinski definition) is 2. The van der Waals surface area contributed by atoms with Crippen LogP contribution in [0.25, 0.3) is 11.0 Å². The van der Waals surface area contributed by atoms with Crippen LogP contribution < -0.4 is 21.3 Å². The molecule has 10 heteroatoms. The third kappa shape index (κ3) is 4.86. The van der Waals surface area contributed by atoms with Crippen molar-refractivity contribution >= 4 is 34.2 Å². The topological polar surface area (TPSA) is 117 Å². The second-order valence-corrected chi connectivity index (χ2v) is 8.09. The third-order valence-corrected chi connectivity index (χ3v) is 5.79. The van der Waals surface area contributed by atoms with Crippen molar-refractivity contribution in [1.82, 2.24) is 14.5 Å². The number of H-pyrrole nitrogens is 1. The highest BCUT2D eigenvalue weighted by atomic mass is 16.5. The second kappa shape index (κ2) is 9.92. The summed E-state index contributed by atoms with van der Waals surface area (Å²) in [7, 11) is 1.53. The van der Waals surface area contributed by atoms with Crippen molar-refractivity contribution in [3.8, 4) is 0 Å². The average Bonchev–Trinajstić information content (AvgIpc) is 2.85. The molecular weight excluding hydrogens is 438 g/mol. The van der Waals surface area contributed by atoms with E-state index in [1.807, 2.05) is 24.3 Å². The van der Waals surface area contributed by atoms with Crippen molar-refractivity contribution < 1.29 is 14.3 Å². The summed E-state index contributed by atoms with van der Waals surface area (Å²) in [5.74, 6) is -0.709. The number of fused-ring (bicyclic) bond motifs is 1. The van der Waals surface area contributed by atoms with Crippen molar-refractivity contribution in [3.63, 3.8) is 0 Å². The fourth-order valence-electron chi connectivity index (χ4n) is 4.01. The number of aromatic nitrogens is 2. The Balaban J connectivity index is 1.41. The number of likely N-dealkylation sites (N-methyl/N-ethyl adjacent to an activating group) is 1. The monoisotopic (exact) mass is 465 g/mol. The van der Waals surface area contributed by atoms with Gasteiger partial charge in [0.2, 0.25) is 5.91 Å². The summed E-state index contributed by atoms with van der Waals surface area (Å²) in [6.07, 6.45) is 0. The smallest absolute Gasteiger partial charge is 0.316 e. The number of morpholine rings is 1. The Hall–Kier alpha value is -3.92. The predicted molar refractivity (Wildman–Crippen MR) is 130 cm³/mol. The summed E-state index contributed by atoms with van der Waals surface area (Å²) in [6.45, 7) is 5.01. The first kappa shape index (κ1) is 23.2. The first-order valence-corrected chi connectivity index (χ1v) is 11.1. The molecule has 0 bridgehead atoms. The summed E-state index contributed by atoms with van der Waals surface area (Å²) in [4.78, 5) is 55.3. The van der Waals surface area contributed by atoms with Crippen LogP contribution in [0.15, 0.2) is 52.1 Å². The molecule has 0 atom stereocenters. The molecule has 0 radical (unpaired) electrons. The number of ether oxygens (including phenoxy) is 1. The molecule has 34 heavy (non-hydrogen) atoms. The van der Waals surface area contributed by atoms with E-state index in [-0.39, 0.29) is 18.4 Å². The average molecular weight is 466 g/mol. The van der Waals surface area contributed by atoms with Gasteiger partial charge >= 0.3 is 11.1 Å². The number of carbonyl (C=O) groups excluding carboxylic acids is 2. The van der Waals surface area contributed by atoms with E-state index in [0.717, 1.165) is 18.8 Å². The standard InChI is InChI=1S/C24H27N5O5/c1-3-29-20-9-4-16(14-19(20)26-22(31)24(29)33)23(32)27(2)15-21(30)25-17-5-7-18(8-6-17)28-10-12-34-13-11-28/h4-9,14H,3,10-13,15H2,1-2H3,(H,25,30)(H,26,31). The van der Waals surface area contributed by atoms with Crippen molar-refractivity contribution in [2.75, 3.05) is 50.1 Å². The summed E-state index contributed by atoms with van der Waals surface area (Å²) in [5, 5.41) is 2.81. The number of carbonyl (C=O) groups is 2. The van der Waals surface area contributed by atoms with Crippen LogP contribution in [0.4, 0.5) is 11.4 Å². The zero-order valence-corrected chi connectivity index (χ0v) is 19.2. The first-order valence-electron chi connectivity index (χ1n) is 11.1. The maximum absolute atomic E-state index is 12.9. The van der Waals surface area contributed by atoms with Crippen LogP contribution in [0, 0.1) is 0 Å². The molecule has 10 nitrogen and oxygen atoms in total. The molecule has 1 aliphatic heterocycles. The van der Waals surface area contributed by atoms with Gasteiger partial charge in [-0.1, -0.05) is 0 Å². The fraction of sp³-hybridized carbons (Fsp3) is 0.333. The molecule has 178 valence electrons. The summed E-state index contributed by atoms with van der Waals surface area (Å²) in [6, 6.07) is 12.3. The normalized spacial score (nSPS) is 13.6. The number of nitrogens with zero attached hydrogens (tertiary/aromatic N) is 3. The lowest BCUT2D eigenvalue weighted by Gasteiger charge is -2.28. The first-order chi connectivity index (χ1) is 16.4. The predicted octanol–water partition coefficient (Wildman–Crippen LogP) is 1.26. The maximum atomic E-state index is 12.9.